The van der Waals surface area contributed by atoms with Gasteiger partial charge in [-0.3, -0.25) is 0 Å². The van der Waals surface area contributed by atoms with Crippen molar-refractivity contribution in [2.45, 2.75) is 38.7 Å². The molecule has 0 bridgehead atoms. The van der Waals surface area contributed by atoms with E-state index in [9.17, 15) is 0 Å². The second-order valence-corrected chi connectivity index (χ2v) is 2.87. The van der Waals surface area contributed by atoms with Crippen LogP contribution in [0.15, 0.2) is 0 Å². The van der Waals surface area contributed by atoms with Gasteiger partial charge in [-0.15, -0.1) is 0 Å². The highest BCUT2D eigenvalue weighted by Gasteiger charge is 2.06. The van der Waals surface area contributed by atoms with E-state index in [1.165, 1.54) is 0 Å². The quantitative estimate of drug-likeness (QED) is 0.541. The third-order valence-electron chi connectivity index (χ3n) is 1.75. The van der Waals surface area contributed by atoms with Gasteiger partial charge in [-0.2, -0.15) is 0 Å². The minimum absolute atomic E-state index is 0.0338. The van der Waals surface area contributed by atoms with Crippen LogP contribution < -0.4 is 0 Å². The summed E-state index contributed by atoms with van der Waals surface area (Å²) in [5.74, 6) is 0. The van der Waals surface area contributed by atoms with Gasteiger partial charge in [0.15, 0.2) is 0 Å². The molecule has 74 valence electrons. The number of aliphatic hydroxyl groups excluding tert-OH is 2. The lowest BCUT2D eigenvalue weighted by atomic mass is 10.2. The Morgan fingerprint density at radius 3 is 2.17 bits per heavy atom. The standard InChI is InChI=1S/C9H20O3/c1-2-3-8-12-9(4-6-10)5-7-11/h9-11H,2-8H2,1H3. The van der Waals surface area contributed by atoms with Crippen molar-refractivity contribution >= 4 is 0 Å². The number of unbranched alkanes of at least 4 members (excludes halogenated alkanes) is 1. The fourth-order valence-corrected chi connectivity index (χ4v) is 0.993. The highest BCUT2D eigenvalue weighted by atomic mass is 16.5. The monoisotopic (exact) mass is 176 g/mol. The van der Waals surface area contributed by atoms with Crippen molar-refractivity contribution in [2.24, 2.45) is 0 Å². The maximum Gasteiger partial charge on any atom is 0.0618 e. The Hall–Kier alpha value is -0.120. The number of hydrogen-bond acceptors (Lipinski definition) is 3. The van der Waals surface area contributed by atoms with E-state index in [-0.39, 0.29) is 19.3 Å². The summed E-state index contributed by atoms with van der Waals surface area (Å²) >= 11 is 0. The number of hydrogen-bond donors (Lipinski definition) is 2. The van der Waals surface area contributed by atoms with Crippen LogP contribution in [0.3, 0.4) is 0 Å². The van der Waals surface area contributed by atoms with Gasteiger partial charge in [-0.05, 0) is 19.3 Å². The molecule has 0 radical (unpaired) electrons. The molecule has 3 heteroatoms. The van der Waals surface area contributed by atoms with Gasteiger partial charge in [0.1, 0.15) is 0 Å². The van der Waals surface area contributed by atoms with E-state index >= 15 is 0 Å². The van der Waals surface area contributed by atoms with E-state index in [0.29, 0.717) is 12.8 Å². The topological polar surface area (TPSA) is 49.7 Å². The summed E-state index contributed by atoms with van der Waals surface area (Å²) in [5.41, 5.74) is 0. The molecule has 0 heterocycles. The predicted octanol–water partition coefficient (Wildman–Crippen LogP) is 0.936. The maximum atomic E-state index is 8.66. The number of ether oxygens (including phenoxy) is 1. The first-order chi connectivity index (χ1) is 5.85. The molecule has 0 aliphatic rings. The van der Waals surface area contributed by atoms with Gasteiger partial charge in [0, 0.05) is 19.8 Å². The Balaban J connectivity index is 3.34. The summed E-state index contributed by atoms with van der Waals surface area (Å²) in [6, 6.07) is 0. The van der Waals surface area contributed by atoms with Crippen LogP contribution in [0.2, 0.25) is 0 Å². The fraction of sp³-hybridized carbons (Fsp3) is 1.00. The largest absolute Gasteiger partial charge is 0.396 e. The molecule has 0 atom stereocenters. The lowest BCUT2D eigenvalue weighted by Gasteiger charge is -2.15. The molecule has 0 saturated heterocycles. The predicted molar refractivity (Wildman–Crippen MR) is 48.1 cm³/mol. The Bertz CT molecular complexity index is 79.8. The fourth-order valence-electron chi connectivity index (χ4n) is 0.993. The Morgan fingerprint density at radius 2 is 1.75 bits per heavy atom. The highest BCUT2D eigenvalue weighted by molar-refractivity contribution is 4.56. The minimum atomic E-state index is 0.0338. The van der Waals surface area contributed by atoms with Gasteiger partial charge in [0.05, 0.1) is 6.10 Å². The van der Waals surface area contributed by atoms with E-state index in [0.717, 1.165) is 19.4 Å². The molecule has 0 aromatic rings. The molecular formula is C9H20O3. The Morgan fingerprint density at radius 1 is 1.17 bits per heavy atom. The van der Waals surface area contributed by atoms with Crippen LogP contribution in [-0.2, 0) is 4.74 Å². The minimum Gasteiger partial charge on any atom is -0.396 e. The molecule has 3 nitrogen and oxygen atoms in total. The molecule has 12 heavy (non-hydrogen) atoms. The molecule has 2 N–H and O–H groups in total. The van der Waals surface area contributed by atoms with E-state index in [1.54, 1.807) is 0 Å². The molecule has 0 aromatic heterocycles. The van der Waals surface area contributed by atoms with E-state index in [4.69, 9.17) is 14.9 Å². The summed E-state index contributed by atoms with van der Waals surface area (Å²) < 4.78 is 5.44. The molecule has 0 unspecified atom stereocenters. The molecular weight excluding hydrogens is 156 g/mol. The van der Waals surface area contributed by atoms with Crippen LogP contribution >= 0.6 is 0 Å². The van der Waals surface area contributed by atoms with Crippen molar-refractivity contribution in [3.05, 3.63) is 0 Å². The summed E-state index contributed by atoms with van der Waals surface area (Å²) in [7, 11) is 0. The van der Waals surface area contributed by atoms with Gasteiger partial charge in [-0.1, -0.05) is 13.3 Å². The number of aliphatic hydroxyl groups is 2. The SMILES string of the molecule is CCCCOC(CCO)CCO. The van der Waals surface area contributed by atoms with Crippen molar-refractivity contribution in [1.82, 2.24) is 0 Å². The first-order valence-electron chi connectivity index (χ1n) is 4.68. The molecule has 0 amide bonds. The molecule has 0 rings (SSSR count). The van der Waals surface area contributed by atoms with Crippen molar-refractivity contribution in [1.29, 1.82) is 0 Å². The van der Waals surface area contributed by atoms with Crippen molar-refractivity contribution in [2.75, 3.05) is 19.8 Å². The summed E-state index contributed by atoms with van der Waals surface area (Å²) in [6.07, 6.45) is 3.46. The summed E-state index contributed by atoms with van der Waals surface area (Å²) in [4.78, 5) is 0. The first-order valence-corrected chi connectivity index (χ1v) is 4.68. The van der Waals surface area contributed by atoms with Crippen LogP contribution in [0.5, 0.6) is 0 Å². The zero-order chi connectivity index (χ0) is 9.23. The van der Waals surface area contributed by atoms with Crippen LogP contribution in [0.25, 0.3) is 0 Å². The average Bonchev–Trinajstić information content (AvgIpc) is 2.06. The highest BCUT2D eigenvalue weighted by Crippen LogP contribution is 2.04. The van der Waals surface area contributed by atoms with Crippen molar-refractivity contribution < 1.29 is 14.9 Å². The van der Waals surface area contributed by atoms with Crippen molar-refractivity contribution in [3.8, 4) is 0 Å². The van der Waals surface area contributed by atoms with Gasteiger partial charge in [0.25, 0.3) is 0 Å². The van der Waals surface area contributed by atoms with Crippen LogP contribution in [0.1, 0.15) is 32.6 Å². The van der Waals surface area contributed by atoms with Crippen LogP contribution in [0.4, 0.5) is 0 Å². The van der Waals surface area contributed by atoms with Crippen molar-refractivity contribution in [3.63, 3.8) is 0 Å². The Labute approximate surface area is 74.4 Å². The van der Waals surface area contributed by atoms with Crippen LogP contribution in [-0.4, -0.2) is 36.1 Å². The molecule has 0 aliphatic heterocycles. The lowest BCUT2D eigenvalue weighted by Crippen LogP contribution is -2.17. The summed E-state index contributed by atoms with van der Waals surface area (Å²) in [5, 5.41) is 17.3. The zero-order valence-corrected chi connectivity index (χ0v) is 7.83. The van der Waals surface area contributed by atoms with Crippen LogP contribution in [0, 0.1) is 0 Å². The van der Waals surface area contributed by atoms with E-state index in [1.807, 2.05) is 0 Å². The van der Waals surface area contributed by atoms with Gasteiger partial charge >= 0.3 is 0 Å². The smallest absolute Gasteiger partial charge is 0.0618 e. The third-order valence-corrected chi connectivity index (χ3v) is 1.75. The third kappa shape index (κ3) is 6.58. The first kappa shape index (κ1) is 11.9. The maximum absolute atomic E-state index is 8.66. The Kier molecular flexibility index (Phi) is 8.88. The molecule has 0 aliphatic carbocycles. The van der Waals surface area contributed by atoms with Gasteiger partial charge in [0.2, 0.25) is 0 Å². The normalized spacial score (nSPS) is 11.0. The molecule has 0 fully saturated rings. The zero-order valence-electron chi connectivity index (χ0n) is 7.83. The summed E-state index contributed by atoms with van der Waals surface area (Å²) in [6.45, 7) is 3.12. The van der Waals surface area contributed by atoms with Gasteiger partial charge < -0.3 is 14.9 Å². The molecule has 0 spiro atoms. The number of rotatable bonds is 8. The second kappa shape index (κ2) is 8.97. The second-order valence-electron chi connectivity index (χ2n) is 2.87. The van der Waals surface area contributed by atoms with E-state index in [2.05, 4.69) is 6.92 Å². The average molecular weight is 176 g/mol. The van der Waals surface area contributed by atoms with Gasteiger partial charge in [-0.25, -0.2) is 0 Å². The molecule has 0 aromatic carbocycles. The molecule has 0 saturated carbocycles. The van der Waals surface area contributed by atoms with E-state index < -0.39 is 0 Å². The lowest BCUT2D eigenvalue weighted by molar-refractivity contribution is 0.0188.